The molecule has 2 N–H and O–H groups in total. The van der Waals surface area contributed by atoms with Crippen molar-refractivity contribution in [1.29, 1.82) is 0 Å². The lowest BCUT2D eigenvalue weighted by molar-refractivity contribution is -0.144. The molecule has 4 aliphatic rings. The van der Waals surface area contributed by atoms with Crippen LogP contribution in [0, 0.1) is 29.6 Å². The van der Waals surface area contributed by atoms with E-state index in [1.165, 1.54) is 12.8 Å². The van der Waals surface area contributed by atoms with E-state index in [1.54, 1.807) is 6.08 Å². The number of amides is 1. The second-order valence-electron chi connectivity index (χ2n) is 13.1. The lowest BCUT2D eigenvalue weighted by atomic mass is 9.71. The summed E-state index contributed by atoms with van der Waals surface area (Å²) in [4.78, 5) is 24.7. The fourth-order valence-electron chi connectivity index (χ4n) is 6.18. The second-order valence-corrected chi connectivity index (χ2v) is 13.1. The maximum absolute atomic E-state index is 12.4. The first-order valence-electron chi connectivity index (χ1n) is 14.9. The first kappa shape index (κ1) is 29.2. The zero-order valence-electron chi connectivity index (χ0n) is 24.0. The molecule has 0 aromatic heterocycles. The van der Waals surface area contributed by atoms with Crippen LogP contribution in [-0.4, -0.2) is 53.4 Å². The quantitative estimate of drug-likeness (QED) is 0.216. The third kappa shape index (κ3) is 8.12. The van der Waals surface area contributed by atoms with Gasteiger partial charge in [-0.25, -0.2) is 0 Å². The van der Waals surface area contributed by atoms with E-state index < -0.39 is 17.8 Å². The average Bonchev–Trinajstić information content (AvgIpc) is 3.78. The number of rotatable bonds is 11. The van der Waals surface area contributed by atoms with Gasteiger partial charge in [0.15, 0.2) is 0 Å². The summed E-state index contributed by atoms with van der Waals surface area (Å²) in [5.74, 6) is 2.79. The van der Waals surface area contributed by atoms with Gasteiger partial charge in [0, 0.05) is 25.3 Å². The number of ketones is 1. The van der Waals surface area contributed by atoms with Gasteiger partial charge < -0.3 is 19.9 Å². The molecule has 0 aromatic carbocycles. The minimum Gasteiger partial charge on any atom is -0.387 e. The maximum Gasteiger partial charge on any atom is 0.243 e. The SMILES string of the molecule is CC(/C=C/[C@H]1O[C@H](CC(=O)CC2CC2)C[C@@]2(CO2)[C@@H]1O)=C\C[C@@H]1C[C@H](C)[C@H](NC(=O)/C=C\C(C)C)C[C@@H]1C. The van der Waals surface area contributed by atoms with Crippen LogP contribution >= 0.6 is 0 Å². The van der Waals surface area contributed by atoms with E-state index in [0.29, 0.717) is 55.5 Å². The molecule has 0 aromatic rings. The van der Waals surface area contributed by atoms with Gasteiger partial charge in [0.25, 0.3) is 0 Å². The van der Waals surface area contributed by atoms with Crippen LogP contribution in [0.25, 0.3) is 0 Å². The summed E-state index contributed by atoms with van der Waals surface area (Å²) in [5.41, 5.74) is 0.604. The molecule has 2 heterocycles. The number of hydrogen-bond donors (Lipinski definition) is 2. The smallest absolute Gasteiger partial charge is 0.243 e. The molecular weight excluding hydrogens is 478 g/mol. The number of aliphatic hydroxyl groups is 1. The zero-order valence-corrected chi connectivity index (χ0v) is 24.0. The number of epoxide rings is 1. The van der Waals surface area contributed by atoms with Crippen LogP contribution in [0.4, 0.5) is 0 Å². The summed E-state index contributed by atoms with van der Waals surface area (Å²) in [6.45, 7) is 11.3. The minimum absolute atomic E-state index is 0.0158. The lowest BCUT2D eigenvalue weighted by Crippen LogP contribution is -2.50. The Morgan fingerprint density at radius 2 is 1.84 bits per heavy atom. The Labute approximate surface area is 229 Å². The van der Waals surface area contributed by atoms with E-state index in [1.807, 2.05) is 18.2 Å². The molecular formula is C32H49NO5. The summed E-state index contributed by atoms with van der Waals surface area (Å²) in [6.07, 6.45) is 15.6. The fraction of sp³-hybridized carbons (Fsp3) is 0.750. The second kappa shape index (κ2) is 12.6. The van der Waals surface area contributed by atoms with Crippen molar-refractivity contribution >= 4 is 11.7 Å². The van der Waals surface area contributed by atoms with Crippen LogP contribution in [0.3, 0.4) is 0 Å². The molecule has 4 rings (SSSR count). The molecule has 2 saturated carbocycles. The summed E-state index contributed by atoms with van der Waals surface area (Å²) in [7, 11) is 0. The van der Waals surface area contributed by atoms with E-state index >= 15 is 0 Å². The van der Waals surface area contributed by atoms with E-state index in [2.05, 4.69) is 46.0 Å². The number of carbonyl (C=O) groups excluding carboxylic acids is 2. The van der Waals surface area contributed by atoms with Crippen molar-refractivity contribution in [2.24, 2.45) is 29.6 Å². The van der Waals surface area contributed by atoms with Gasteiger partial charge in [-0.15, -0.1) is 0 Å². The Morgan fingerprint density at radius 1 is 1.11 bits per heavy atom. The number of nitrogens with one attached hydrogen (secondary N) is 1. The van der Waals surface area contributed by atoms with Gasteiger partial charge in [-0.2, -0.15) is 0 Å². The standard InChI is InChI=1S/C32H49NO5/c1-20(2)6-13-30(35)33-28-15-22(4)25(14-23(28)5)11-7-21(3)8-12-29-31(36)32(19-37-32)18-27(38-29)17-26(34)16-24-9-10-24/h6-8,12-13,20,22-25,27-29,31,36H,9-11,14-19H2,1-5H3,(H,33,35)/b12-8+,13-6-,21-7+/t22-,23-,25+,27+,28+,29+,31+,32+/m0/s1. The number of hydrogen-bond acceptors (Lipinski definition) is 5. The summed E-state index contributed by atoms with van der Waals surface area (Å²) in [6, 6.07) is 0.224. The fourth-order valence-corrected chi connectivity index (χ4v) is 6.18. The summed E-state index contributed by atoms with van der Waals surface area (Å²) in [5, 5.41) is 14.1. The summed E-state index contributed by atoms with van der Waals surface area (Å²) < 4.78 is 11.9. The van der Waals surface area contributed by atoms with Crippen molar-refractivity contribution < 1.29 is 24.2 Å². The highest BCUT2D eigenvalue weighted by molar-refractivity contribution is 5.87. The van der Waals surface area contributed by atoms with Crippen LogP contribution in [0.5, 0.6) is 0 Å². The van der Waals surface area contributed by atoms with Gasteiger partial charge in [-0.1, -0.05) is 57.6 Å². The van der Waals surface area contributed by atoms with Gasteiger partial charge in [0.05, 0.1) is 12.7 Å². The van der Waals surface area contributed by atoms with E-state index in [0.717, 1.165) is 24.8 Å². The van der Waals surface area contributed by atoms with Gasteiger partial charge >= 0.3 is 0 Å². The molecule has 8 atom stereocenters. The van der Waals surface area contributed by atoms with Crippen LogP contribution in [0.2, 0.25) is 0 Å². The number of ether oxygens (including phenoxy) is 2. The molecule has 1 amide bonds. The van der Waals surface area contributed by atoms with Crippen molar-refractivity contribution in [2.45, 2.75) is 116 Å². The normalized spacial score (nSPS) is 37.9. The monoisotopic (exact) mass is 527 g/mol. The third-order valence-electron chi connectivity index (χ3n) is 9.00. The Bertz CT molecular complexity index is 928. The van der Waals surface area contributed by atoms with Gasteiger partial charge in [-0.05, 0) is 74.7 Å². The molecule has 4 fully saturated rings. The highest BCUT2D eigenvalue weighted by Gasteiger charge is 2.58. The molecule has 0 bridgehead atoms. The molecule has 0 unspecified atom stereocenters. The molecule has 212 valence electrons. The van der Waals surface area contributed by atoms with E-state index in [9.17, 15) is 14.7 Å². The Hall–Kier alpha value is -1.76. The summed E-state index contributed by atoms with van der Waals surface area (Å²) >= 11 is 0. The van der Waals surface area contributed by atoms with Crippen LogP contribution in [0.15, 0.2) is 36.0 Å². The predicted molar refractivity (Wildman–Crippen MR) is 149 cm³/mol. The van der Waals surface area contributed by atoms with E-state index in [-0.39, 0.29) is 23.8 Å². The van der Waals surface area contributed by atoms with Crippen molar-refractivity contribution in [3.05, 3.63) is 36.0 Å². The molecule has 1 spiro atoms. The highest BCUT2D eigenvalue weighted by Crippen LogP contribution is 2.44. The molecule has 2 aliphatic carbocycles. The van der Waals surface area contributed by atoms with E-state index in [4.69, 9.17) is 9.47 Å². The number of carbonyl (C=O) groups is 2. The topological polar surface area (TPSA) is 88.2 Å². The lowest BCUT2D eigenvalue weighted by Gasteiger charge is -2.39. The van der Waals surface area contributed by atoms with Crippen molar-refractivity contribution in [3.8, 4) is 0 Å². The van der Waals surface area contributed by atoms with Crippen LogP contribution in [-0.2, 0) is 19.1 Å². The predicted octanol–water partition coefficient (Wildman–Crippen LogP) is 5.30. The van der Waals surface area contributed by atoms with Crippen molar-refractivity contribution in [1.82, 2.24) is 5.32 Å². The molecule has 6 heteroatoms. The molecule has 2 saturated heterocycles. The van der Waals surface area contributed by atoms with Crippen LogP contribution < -0.4 is 5.32 Å². The first-order chi connectivity index (χ1) is 18.0. The molecule has 0 radical (unpaired) electrons. The van der Waals surface area contributed by atoms with Crippen LogP contribution in [0.1, 0.15) is 86.0 Å². The number of allylic oxidation sites excluding steroid dienone is 4. The Morgan fingerprint density at radius 3 is 2.50 bits per heavy atom. The Kier molecular flexibility index (Phi) is 9.70. The van der Waals surface area contributed by atoms with Crippen molar-refractivity contribution in [2.75, 3.05) is 6.61 Å². The highest BCUT2D eigenvalue weighted by atomic mass is 16.6. The molecule has 2 aliphatic heterocycles. The third-order valence-corrected chi connectivity index (χ3v) is 9.00. The minimum atomic E-state index is -0.705. The number of aliphatic hydroxyl groups excluding tert-OH is 1. The first-order valence-corrected chi connectivity index (χ1v) is 14.9. The number of Topliss-reactive ketones (excluding diaryl/α,β-unsaturated/α-hetero) is 1. The molecule has 38 heavy (non-hydrogen) atoms. The largest absolute Gasteiger partial charge is 0.387 e. The molecule has 6 nitrogen and oxygen atoms in total. The average molecular weight is 528 g/mol. The van der Waals surface area contributed by atoms with Crippen molar-refractivity contribution in [3.63, 3.8) is 0 Å². The van der Waals surface area contributed by atoms with Gasteiger partial charge in [0.1, 0.15) is 23.6 Å². The van der Waals surface area contributed by atoms with Gasteiger partial charge in [-0.3, -0.25) is 9.59 Å². The zero-order chi connectivity index (χ0) is 27.4. The Balaban J connectivity index is 1.27. The van der Waals surface area contributed by atoms with Gasteiger partial charge in [0.2, 0.25) is 5.91 Å². The maximum atomic E-state index is 12.4.